The Balaban J connectivity index is 3.06. The predicted molar refractivity (Wildman–Crippen MR) is 58.1 cm³/mol. The molecule has 0 heterocycles. The predicted octanol–water partition coefficient (Wildman–Crippen LogP) is 1.65. The van der Waals surface area contributed by atoms with Crippen molar-refractivity contribution in [2.24, 2.45) is 0 Å². The van der Waals surface area contributed by atoms with Crippen molar-refractivity contribution in [3.63, 3.8) is 0 Å². The van der Waals surface area contributed by atoms with Crippen LogP contribution in [0.25, 0.3) is 0 Å². The van der Waals surface area contributed by atoms with Gasteiger partial charge < -0.3 is 15.6 Å². The molecular weight excluding hydrogens is 208 g/mol. The number of ether oxygens (including phenoxy) is 1. The second kappa shape index (κ2) is 5.03. The van der Waals surface area contributed by atoms with Crippen molar-refractivity contribution in [1.82, 2.24) is 0 Å². The first-order valence-corrected chi connectivity index (χ1v) is 4.77. The maximum absolute atomic E-state index is 10.9. The van der Waals surface area contributed by atoms with Crippen LogP contribution >= 0.6 is 0 Å². The molecule has 0 aliphatic heterocycles. The maximum Gasteiger partial charge on any atom is 0.339 e. The van der Waals surface area contributed by atoms with Gasteiger partial charge in [0.15, 0.2) is 6.10 Å². The molecule has 0 bridgehead atoms. The zero-order valence-electron chi connectivity index (χ0n) is 8.80. The molecule has 0 saturated carbocycles. The summed E-state index contributed by atoms with van der Waals surface area (Å²) in [5.41, 5.74) is 5.93. The molecule has 16 heavy (non-hydrogen) atoms. The Bertz CT molecular complexity index is 437. The second-order valence-corrected chi connectivity index (χ2v) is 3.20. The van der Waals surface area contributed by atoms with Crippen molar-refractivity contribution in [2.75, 3.05) is 5.73 Å². The molecule has 0 aromatic heterocycles. The first-order valence-electron chi connectivity index (χ1n) is 4.77. The fourth-order valence-electron chi connectivity index (χ4n) is 1.17. The molecule has 5 nitrogen and oxygen atoms in total. The Morgan fingerprint density at radius 1 is 1.69 bits per heavy atom. The molecule has 0 fully saturated rings. The summed E-state index contributed by atoms with van der Waals surface area (Å²) in [5.74, 6) is -0.983. The standard InChI is InChI=1S/C11H12N2O3/c1-2-8(6-12)16-10-5-7(13)3-4-9(10)11(14)15/h3-5,8H,2,13H2,1H3,(H,14,15). The topological polar surface area (TPSA) is 96.3 Å². The Morgan fingerprint density at radius 2 is 2.38 bits per heavy atom. The average Bonchev–Trinajstić information content (AvgIpc) is 2.25. The summed E-state index contributed by atoms with van der Waals surface area (Å²) in [4.78, 5) is 10.9. The normalized spacial score (nSPS) is 11.5. The molecule has 1 rings (SSSR count). The first-order chi connectivity index (χ1) is 7.58. The number of anilines is 1. The fourth-order valence-corrected chi connectivity index (χ4v) is 1.17. The summed E-state index contributed by atoms with van der Waals surface area (Å²) in [6.45, 7) is 1.78. The van der Waals surface area contributed by atoms with E-state index < -0.39 is 12.1 Å². The molecule has 84 valence electrons. The summed E-state index contributed by atoms with van der Waals surface area (Å²) in [6.07, 6.45) is -0.190. The number of nitrogen functional groups attached to an aromatic ring is 1. The van der Waals surface area contributed by atoms with Crippen molar-refractivity contribution in [1.29, 1.82) is 5.26 Å². The van der Waals surface area contributed by atoms with Crippen molar-refractivity contribution in [3.05, 3.63) is 23.8 Å². The molecule has 5 heteroatoms. The van der Waals surface area contributed by atoms with Crippen LogP contribution in [0.15, 0.2) is 18.2 Å². The molecule has 1 aromatic rings. The van der Waals surface area contributed by atoms with Crippen molar-refractivity contribution in [2.45, 2.75) is 19.4 Å². The Hall–Kier alpha value is -2.22. The lowest BCUT2D eigenvalue weighted by Crippen LogP contribution is -2.14. The molecule has 0 saturated heterocycles. The number of nitrogens with zero attached hydrogens (tertiary/aromatic N) is 1. The van der Waals surface area contributed by atoms with E-state index in [0.717, 1.165) is 0 Å². The molecule has 0 amide bonds. The monoisotopic (exact) mass is 220 g/mol. The van der Waals surface area contributed by atoms with Gasteiger partial charge in [0.25, 0.3) is 0 Å². The molecule has 0 radical (unpaired) electrons. The Morgan fingerprint density at radius 3 is 2.88 bits per heavy atom. The van der Waals surface area contributed by atoms with E-state index >= 15 is 0 Å². The van der Waals surface area contributed by atoms with E-state index in [1.54, 1.807) is 6.92 Å². The molecule has 3 N–H and O–H groups in total. The largest absolute Gasteiger partial charge is 0.478 e. The minimum Gasteiger partial charge on any atom is -0.478 e. The van der Waals surface area contributed by atoms with Crippen LogP contribution in [-0.4, -0.2) is 17.2 Å². The van der Waals surface area contributed by atoms with Crippen LogP contribution < -0.4 is 10.5 Å². The van der Waals surface area contributed by atoms with Gasteiger partial charge in [-0.05, 0) is 18.6 Å². The lowest BCUT2D eigenvalue weighted by molar-refractivity contribution is 0.0691. The average molecular weight is 220 g/mol. The fraction of sp³-hybridized carbons (Fsp3) is 0.273. The zero-order valence-corrected chi connectivity index (χ0v) is 8.80. The molecule has 1 aromatic carbocycles. The minimum atomic E-state index is -1.11. The lowest BCUT2D eigenvalue weighted by atomic mass is 10.2. The SMILES string of the molecule is CCC(C#N)Oc1cc(N)ccc1C(=O)O. The quantitative estimate of drug-likeness (QED) is 0.752. The molecule has 1 atom stereocenters. The Labute approximate surface area is 93.1 Å². The second-order valence-electron chi connectivity index (χ2n) is 3.20. The van der Waals surface area contributed by atoms with Crippen molar-refractivity contribution in [3.8, 4) is 11.8 Å². The van der Waals surface area contributed by atoms with Crippen LogP contribution in [0.5, 0.6) is 5.75 Å². The molecule has 1 unspecified atom stereocenters. The van der Waals surface area contributed by atoms with Gasteiger partial charge in [0, 0.05) is 11.8 Å². The van der Waals surface area contributed by atoms with E-state index in [1.165, 1.54) is 18.2 Å². The van der Waals surface area contributed by atoms with Crippen LogP contribution in [0.1, 0.15) is 23.7 Å². The Kier molecular flexibility index (Phi) is 3.72. The summed E-state index contributed by atoms with van der Waals surface area (Å²) in [5, 5.41) is 17.6. The number of carboxylic acids is 1. The number of aromatic carboxylic acids is 1. The van der Waals surface area contributed by atoms with E-state index in [1.807, 2.05) is 6.07 Å². The van der Waals surface area contributed by atoms with Crippen molar-refractivity contribution < 1.29 is 14.6 Å². The van der Waals surface area contributed by atoms with E-state index in [4.69, 9.17) is 20.8 Å². The highest BCUT2D eigenvalue weighted by Crippen LogP contribution is 2.23. The van der Waals surface area contributed by atoms with Crippen molar-refractivity contribution >= 4 is 11.7 Å². The van der Waals surface area contributed by atoms with Gasteiger partial charge in [-0.2, -0.15) is 5.26 Å². The highest BCUT2D eigenvalue weighted by molar-refractivity contribution is 5.91. The van der Waals surface area contributed by atoms with Crippen LogP contribution in [0.4, 0.5) is 5.69 Å². The van der Waals surface area contributed by atoms with Gasteiger partial charge in [-0.1, -0.05) is 6.92 Å². The molecule has 0 aliphatic carbocycles. The van der Waals surface area contributed by atoms with Gasteiger partial charge >= 0.3 is 5.97 Å². The number of hydrogen-bond donors (Lipinski definition) is 2. The smallest absolute Gasteiger partial charge is 0.339 e. The molecule has 0 spiro atoms. The highest BCUT2D eigenvalue weighted by Gasteiger charge is 2.15. The zero-order chi connectivity index (χ0) is 12.1. The van der Waals surface area contributed by atoms with Gasteiger partial charge in [-0.15, -0.1) is 0 Å². The summed E-state index contributed by atoms with van der Waals surface area (Å²) < 4.78 is 5.26. The number of nitrogens with two attached hydrogens (primary N) is 1. The summed E-state index contributed by atoms with van der Waals surface area (Å²) in [7, 11) is 0. The third-order valence-electron chi connectivity index (χ3n) is 2.02. The number of nitriles is 1. The highest BCUT2D eigenvalue weighted by atomic mass is 16.5. The minimum absolute atomic E-state index is 0.00269. The van der Waals surface area contributed by atoms with Gasteiger partial charge in [0.2, 0.25) is 0 Å². The lowest BCUT2D eigenvalue weighted by Gasteiger charge is -2.12. The number of hydrogen-bond acceptors (Lipinski definition) is 4. The third kappa shape index (κ3) is 2.64. The van der Waals surface area contributed by atoms with Gasteiger partial charge in [-0.3, -0.25) is 0 Å². The van der Waals surface area contributed by atoms with E-state index in [9.17, 15) is 4.79 Å². The molecule has 0 aliphatic rings. The van der Waals surface area contributed by atoms with E-state index in [0.29, 0.717) is 12.1 Å². The van der Waals surface area contributed by atoms with Crippen LogP contribution in [0, 0.1) is 11.3 Å². The summed E-state index contributed by atoms with van der Waals surface area (Å²) in [6, 6.07) is 6.17. The first kappa shape index (κ1) is 11.9. The summed E-state index contributed by atoms with van der Waals surface area (Å²) >= 11 is 0. The number of carboxylic acid groups (broad SMARTS) is 1. The van der Waals surface area contributed by atoms with Crippen LogP contribution in [-0.2, 0) is 0 Å². The van der Waals surface area contributed by atoms with Crippen LogP contribution in [0.3, 0.4) is 0 Å². The van der Waals surface area contributed by atoms with E-state index in [2.05, 4.69) is 0 Å². The maximum atomic E-state index is 10.9. The van der Waals surface area contributed by atoms with E-state index in [-0.39, 0.29) is 11.3 Å². The van der Waals surface area contributed by atoms with Gasteiger partial charge in [-0.25, -0.2) is 4.79 Å². The number of rotatable bonds is 4. The van der Waals surface area contributed by atoms with Gasteiger partial charge in [0.1, 0.15) is 17.4 Å². The number of carbonyl (C=O) groups is 1. The third-order valence-corrected chi connectivity index (χ3v) is 2.02. The number of benzene rings is 1. The van der Waals surface area contributed by atoms with Gasteiger partial charge in [0.05, 0.1) is 0 Å². The molecular formula is C11H12N2O3. The van der Waals surface area contributed by atoms with Crippen LogP contribution in [0.2, 0.25) is 0 Å².